The largest absolute Gasteiger partial charge is 0.483 e. The van der Waals surface area contributed by atoms with E-state index in [-0.39, 0.29) is 30.9 Å². The summed E-state index contributed by atoms with van der Waals surface area (Å²) in [6.07, 6.45) is 0.326. The van der Waals surface area contributed by atoms with Gasteiger partial charge >= 0.3 is 0 Å². The molecule has 39 heavy (non-hydrogen) atoms. The molecule has 1 atom stereocenters. The summed E-state index contributed by atoms with van der Waals surface area (Å²) in [7, 11) is 0. The molecular weight excluding hydrogens is 531 g/mol. The maximum Gasteiger partial charge on any atom is 0.261 e. The van der Waals surface area contributed by atoms with E-state index in [2.05, 4.69) is 5.32 Å². The minimum absolute atomic E-state index is 0.0584. The van der Waals surface area contributed by atoms with Crippen molar-refractivity contribution >= 4 is 45.8 Å². The van der Waals surface area contributed by atoms with E-state index in [9.17, 15) is 9.59 Å². The van der Waals surface area contributed by atoms with Gasteiger partial charge in [-0.25, -0.2) is 0 Å². The average molecular weight is 564 g/mol. The summed E-state index contributed by atoms with van der Waals surface area (Å²) in [5.41, 5.74) is 1.51. The first-order valence-electron chi connectivity index (χ1n) is 13.0. The van der Waals surface area contributed by atoms with Crippen molar-refractivity contribution in [3.8, 4) is 5.75 Å². The van der Waals surface area contributed by atoms with Gasteiger partial charge in [-0.1, -0.05) is 110 Å². The van der Waals surface area contributed by atoms with Gasteiger partial charge in [0.1, 0.15) is 11.8 Å². The molecule has 0 heterocycles. The number of halogens is 2. The van der Waals surface area contributed by atoms with Crippen LogP contribution in [0, 0.1) is 5.92 Å². The van der Waals surface area contributed by atoms with Crippen molar-refractivity contribution < 1.29 is 14.3 Å². The number of amides is 2. The van der Waals surface area contributed by atoms with Crippen molar-refractivity contribution in [3.63, 3.8) is 0 Å². The Kier molecular flexibility index (Phi) is 9.85. The Balaban J connectivity index is 1.67. The van der Waals surface area contributed by atoms with Crippen molar-refractivity contribution in [1.82, 2.24) is 10.2 Å². The zero-order chi connectivity index (χ0) is 27.8. The molecule has 1 N–H and O–H groups in total. The summed E-state index contributed by atoms with van der Waals surface area (Å²) in [5, 5.41) is 5.78. The Morgan fingerprint density at radius 1 is 0.846 bits per heavy atom. The van der Waals surface area contributed by atoms with E-state index in [1.807, 2.05) is 86.6 Å². The molecule has 0 aliphatic carbocycles. The summed E-state index contributed by atoms with van der Waals surface area (Å²) >= 11 is 13.0. The van der Waals surface area contributed by atoms with Gasteiger partial charge in [-0.15, -0.1) is 0 Å². The lowest BCUT2D eigenvalue weighted by Gasteiger charge is -2.32. The highest BCUT2D eigenvalue weighted by Gasteiger charge is 2.31. The Morgan fingerprint density at radius 2 is 1.49 bits per heavy atom. The molecule has 4 rings (SSSR count). The lowest BCUT2D eigenvalue weighted by Crippen LogP contribution is -2.52. The van der Waals surface area contributed by atoms with Crippen LogP contribution >= 0.6 is 23.2 Å². The first-order valence-corrected chi connectivity index (χ1v) is 13.7. The van der Waals surface area contributed by atoms with Gasteiger partial charge in [0.15, 0.2) is 6.61 Å². The third-order valence-electron chi connectivity index (χ3n) is 6.45. The molecule has 5 nitrogen and oxygen atoms in total. The van der Waals surface area contributed by atoms with Crippen molar-refractivity contribution in [2.24, 2.45) is 5.92 Å². The van der Waals surface area contributed by atoms with Gasteiger partial charge in [0.05, 0.1) is 0 Å². The lowest BCUT2D eigenvalue weighted by atomic mass is 10.0. The molecular formula is C32H32Cl2N2O3. The minimum atomic E-state index is -0.804. The monoisotopic (exact) mass is 562 g/mol. The maximum atomic E-state index is 13.9. The molecule has 1 unspecified atom stereocenters. The van der Waals surface area contributed by atoms with Crippen molar-refractivity contribution in [2.75, 3.05) is 13.2 Å². The van der Waals surface area contributed by atoms with Gasteiger partial charge in [-0.2, -0.15) is 0 Å². The molecule has 0 aliphatic rings. The smallest absolute Gasteiger partial charge is 0.261 e. The van der Waals surface area contributed by atoms with E-state index in [1.54, 1.807) is 18.2 Å². The van der Waals surface area contributed by atoms with Gasteiger partial charge in [0.2, 0.25) is 5.91 Å². The Hall–Kier alpha value is -3.54. The highest BCUT2D eigenvalue weighted by atomic mass is 35.5. The number of carbonyl (C=O) groups is 2. The number of nitrogens with zero attached hydrogens (tertiary/aromatic N) is 1. The van der Waals surface area contributed by atoms with E-state index in [0.717, 1.165) is 16.3 Å². The predicted molar refractivity (Wildman–Crippen MR) is 158 cm³/mol. The van der Waals surface area contributed by atoms with Crippen LogP contribution in [0.15, 0.2) is 91.0 Å². The highest BCUT2D eigenvalue weighted by Crippen LogP contribution is 2.28. The molecule has 2 amide bonds. The lowest BCUT2D eigenvalue weighted by molar-refractivity contribution is -0.142. The van der Waals surface area contributed by atoms with E-state index in [0.29, 0.717) is 34.3 Å². The first kappa shape index (κ1) is 28.5. The third-order valence-corrected chi connectivity index (χ3v) is 7.15. The molecule has 7 heteroatoms. The molecule has 202 valence electrons. The summed E-state index contributed by atoms with van der Waals surface area (Å²) in [5.74, 6) is 0.262. The van der Waals surface area contributed by atoms with Crippen LogP contribution in [0.3, 0.4) is 0 Å². The first-order chi connectivity index (χ1) is 18.8. The fourth-order valence-corrected chi connectivity index (χ4v) is 4.89. The van der Waals surface area contributed by atoms with Crippen LogP contribution in [0.25, 0.3) is 10.8 Å². The number of benzene rings is 4. The van der Waals surface area contributed by atoms with E-state index >= 15 is 0 Å². The van der Waals surface area contributed by atoms with E-state index in [4.69, 9.17) is 27.9 Å². The zero-order valence-electron chi connectivity index (χ0n) is 22.1. The van der Waals surface area contributed by atoms with Crippen LogP contribution in [0.1, 0.15) is 25.0 Å². The predicted octanol–water partition coefficient (Wildman–Crippen LogP) is 6.94. The number of hydrogen-bond acceptors (Lipinski definition) is 3. The van der Waals surface area contributed by atoms with Crippen LogP contribution in [0.5, 0.6) is 5.75 Å². The second kappa shape index (κ2) is 13.5. The zero-order valence-corrected chi connectivity index (χ0v) is 23.6. The number of hydrogen-bond donors (Lipinski definition) is 1. The van der Waals surface area contributed by atoms with Gasteiger partial charge < -0.3 is 15.0 Å². The topological polar surface area (TPSA) is 58.6 Å². The van der Waals surface area contributed by atoms with E-state index in [1.165, 1.54) is 4.90 Å². The molecule has 0 saturated carbocycles. The van der Waals surface area contributed by atoms with Crippen LogP contribution in [-0.4, -0.2) is 35.9 Å². The molecule has 0 fully saturated rings. The summed E-state index contributed by atoms with van der Waals surface area (Å²) in [6.45, 7) is 4.35. The van der Waals surface area contributed by atoms with Gasteiger partial charge in [0.25, 0.3) is 5.91 Å². The van der Waals surface area contributed by atoms with Crippen LogP contribution in [-0.2, 0) is 22.6 Å². The molecule has 0 radical (unpaired) electrons. The Morgan fingerprint density at radius 3 is 2.21 bits per heavy atom. The normalized spacial score (nSPS) is 11.8. The number of fused-ring (bicyclic) bond motifs is 1. The standard InChI is InChI=1S/C32H32Cl2N2O3/c1-22(2)19-35-32(38)29(18-23-10-4-3-5-11-23)36(20-26-27(33)15-9-16-28(26)34)31(37)21-39-30-17-8-13-24-12-6-7-14-25(24)30/h3-17,22,29H,18-21H2,1-2H3,(H,35,38). The van der Waals surface area contributed by atoms with Crippen LogP contribution in [0.4, 0.5) is 0 Å². The molecule has 0 aromatic heterocycles. The summed E-state index contributed by atoms with van der Waals surface area (Å²) in [6, 6.07) is 27.6. The third kappa shape index (κ3) is 7.53. The second-order valence-electron chi connectivity index (χ2n) is 9.83. The number of carbonyl (C=O) groups excluding carboxylic acids is 2. The fraction of sp³-hybridized carbons (Fsp3) is 0.250. The SMILES string of the molecule is CC(C)CNC(=O)C(Cc1ccccc1)N(Cc1c(Cl)cccc1Cl)C(=O)COc1cccc2ccccc12. The molecule has 4 aromatic carbocycles. The number of rotatable bonds is 11. The second-order valence-corrected chi connectivity index (χ2v) is 10.6. The van der Waals surface area contributed by atoms with Crippen molar-refractivity contribution in [2.45, 2.75) is 32.9 Å². The van der Waals surface area contributed by atoms with Crippen LogP contribution in [0.2, 0.25) is 10.0 Å². The van der Waals surface area contributed by atoms with Gasteiger partial charge in [-0.3, -0.25) is 9.59 Å². The highest BCUT2D eigenvalue weighted by molar-refractivity contribution is 6.36. The van der Waals surface area contributed by atoms with Crippen LogP contribution < -0.4 is 10.1 Å². The number of ether oxygens (including phenoxy) is 1. The Labute approximate surface area is 239 Å². The summed E-state index contributed by atoms with van der Waals surface area (Å²) < 4.78 is 6.05. The Bertz CT molecular complexity index is 1400. The van der Waals surface area contributed by atoms with Gasteiger partial charge in [-0.05, 0) is 35.1 Å². The molecule has 0 spiro atoms. The average Bonchev–Trinajstić information content (AvgIpc) is 2.94. The molecule has 0 saturated heterocycles. The molecule has 0 bridgehead atoms. The van der Waals surface area contributed by atoms with Crippen molar-refractivity contribution in [1.29, 1.82) is 0 Å². The molecule has 4 aromatic rings. The molecule has 0 aliphatic heterocycles. The maximum absolute atomic E-state index is 13.9. The quantitative estimate of drug-likeness (QED) is 0.215. The van der Waals surface area contributed by atoms with Gasteiger partial charge in [0, 0.05) is 40.5 Å². The van der Waals surface area contributed by atoms with Crippen molar-refractivity contribution in [3.05, 3.63) is 112 Å². The van der Waals surface area contributed by atoms with E-state index < -0.39 is 6.04 Å². The minimum Gasteiger partial charge on any atom is -0.483 e. The fourth-order valence-electron chi connectivity index (χ4n) is 4.37. The summed E-state index contributed by atoms with van der Waals surface area (Å²) in [4.78, 5) is 29.0. The number of nitrogens with one attached hydrogen (secondary N) is 1.